The molecule has 0 aliphatic heterocycles. The van der Waals surface area contributed by atoms with Gasteiger partial charge in [-0.15, -0.1) is 0 Å². The van der Waals surface area contributed by atoms with Crippen molar-refractivity contribution in [2.45, 2.75) is 44.5 Å². The number of nitrogens with zero attached hydrogens (tertiary/aromatic N) is 2. The topological polar surface area (TPSA) is 50.7 Å². The maximum absolute atomic E-state index is 13.5. The average Bonchev–Trinajstić information content (AvgIpc) is 3.00. The fourth-order valence-corrected chi connectivity index (χ4v) is 4.36. The Balaban J connectivity index is 2.08. The number of hydrogen-bond donors (Lipinski definition) is 1. The number of aromatic amines is 1. The zero-order valence-corrected chi connectivity index (χ0v) is 16.9. The normalized spacial score (nSPS) is 12.7. The standard InChI is InChI=1S/C22H23N3OS/c1-5-15(4)27-22-24-19-17-8-6-7-9-18(17)23-20(19)21(26)25(22)16-11-13(2)10-14(3)12-16/h6-12,15,23H,5H2,1-4H3. The van der Waals surface area contributed by atoms with Crippen LogP contribution in [0.1, 0.15) is 31.4 Å². The van der Waals surface area contributed by atoms with E-state index < -0.39 is 0 Å². The number of para-hydroxylation sites is 1. The molecule has 27 heavy (non-hydrogen) atoms. The van der Waals surface area contributed by atoms with E-state index in [4.69, 9.17) is 4.98 Å². The lowest BCUT2D eigenvalue weighted by atomic mass is 10.1. The summed E-state index contributed by atoms with van der Waals surface area (Å²) in [7, 11) is 0. The molecule has 0 fully saturated rings. The monoisotopic (exact) mass is 377 g/mol. The van der Waals surface area contributed by atoms with Gasteiger partial charge in [0, 0.05) is 16.2 Å². The van der Waals surface area contributed by atoms with Gasteiger partial charge in [-0.2, -0.15) is 0 Å². The van der Waals surface area contributed by atoms with Crippen LogP contribution in [0.4, 0.5) is 0 Å². The Labute approximate surface area is 162 Å². The number of aromatic nitrogens is 3. The Hall–Kier alpha value is -2.53. The van der Waals surface area contributed by atoms with Gasteiger partial charge in [-0.05, 0) is 49.6 Å². The summed E-state index contributed by atoms with van der Waals surface area (Å²) in [6, 6.07) is 14.2. The number of thioether (sulfide) groups is 1. The highest BCUT2D eigenvalue weighted by molar-refractivity contribution is 7.99. The fraction of sp³-hybridized carbons (Fsp3) is 0.273. The van der Waals surface area contributed by atoms with Gasteiger partial charge in [0.05, 0.1) is 5.69 Å². The highest BCUT2D eigenvalue weighted by Gasteiger charge is 2.18. The molecule has 2 aromatic heterocycles. The maximum atomic E-state index is 13.5. The van der Waals surface area contributed by atoms with Crippen LogP contribution in [0.15, 0.2) is 52.4 Å². The van der Waals surface area contributed by atoms with Gasteiger partial charge in [0.1, 0.15) is 11.0 Å². The van der Waals surface area contributed by atoms with Crippen molar-refractivity contribution < 1.29 is 0 Å². The van der Waals surface area contributed by atoms with Crippen LogP contribution in [0.2, 0.25) is 0 Å². The van der Waals surface area contributed by atoms with Crippen LogP contribution in [0.25, 0.3) is 27.6 Å². The first kappa shape index (κ1) is 17.9. The molecule has 1 atom stereocenters. The second-order valence-corrected chi connectivity index (χ2v) is 8.52. The Morgan fingerprint density at radius 1 is 1.15 bits per heavy atom. The minimum absolute atomic E-state index is 0.0491. The number of hydrogen-bond acceptors (Lipinski definition) is 3. The van der Waals surface area contributed by atoms with Crippen molar-refractivity contribution in [2.75, 3.05) is 0 Å². The molecule has 0 saturated carbocycles. The predicted molar refractivity (Wildman–Crippen MR) is 114 cm³/mol. The van der Waals surface area contributed by atoms with Crippen LogP contribution in [0, 0.1) is 13.8 Å². The van der Waals surface area contributed by atoms with E-state index >= 15 is 0 Å². The lowest BCUT2D eigenvalue weighted by Gasteiger charge is -2.15. The fourth-order valence-electron chi connectivity index (χ4n) is 3.39. The van der Waals surface area contributed by atoms with Crippen molar-refractivity contribution in [3.8, 4) is 5.69 Å². The molecule has 0 amide bonds. The van der Waals surface area contributed by atoms with Gasteiger partial charge in [-0.25, -0.2) is 4.98 Å². The third-order valence-electron chi connectivity index (χ3n) is 4.84. The SMILES string of the molecule is CCC(C)Sc1nc2c([nH]c3ccccc32)c(=O)n1-c1cc(C)cc(C)c1. The third kappa shape index (κ3) is 3.16. The summed E-state index contributed by atoms with van der Waals surface area (Å²) in [6.07, 6.45) is 1.01. The van der Waals surface area contributed by atoms with Crippen LogP contribution in [0.5, 0.6) is 0 Å². The third-order valence-corrected chi connectivity index (χ3v) is 6.06. The van der Waals surface area contributed by atoms with Crippen molar-refractivity contribution >= 4 is 33.7 Å². The van der Waals surface area contributed by atoms with E-state index in [1.807, 2.05) is 36.4 Å². The Kier molecular flexibility index (Phi) is 4.56. The summed E-state index contributed by atoms with van der Waals surface area (Å²) in [5.74, 6) is 0. The van der Waals surface area contributed by atoms with E-state index in [0.717, 1.165) is 44.8 Å². The molecule has 4 rings (SSSR count). The zero-order valence-electron chi connectivity index (χ0n) is 16.0. The summed E-state index contributed by atoms with van der Waals surface area (Å²) in [5, 5.41) is 2.11. The van der Waals surface area contributed by atoms with Crippen LogP contribution < -0.4 is 5.56 Å². The van der Waals surface area contributed by atoms with Gasteiger partial charge in [-0.1, -0.05) is 49.9 Å². The Morgan fingerprint density at radius 2 is 1.85 bits per heavy atom. The molecule has 0 spiro atoms. The summed E-state index contributed by atoms with van der Waals surface area (Å²) < 4.78 is 1.76. The molecule has 1 unspecified atom stereocenters. The highest BCUT2D eigenvalue weighted by Crippen LogP contribution is 2.29. The summed E-state index contributed by atoms with van der Waals surface area (Å²) in [4.78, 5) is 21.7. The molecule has 0 aliphatic rings. The first-order valence-electron chi connectivity index (χ1n) is 9.26. The zero-order chi connectivity index (χ0) is 19.1. The molecule has 0 bridgehead atoms. The molecular weight excluding hydrogens is 354 g/mol. The molecule has 2 aromatic carbocycles. The molecule has 5 heteroatoms. The molecule has 4 nitrogen and oxygen atoms in total. The minimum atomic E-state index is -0.0491. The number of fused-ring (bicyclic) bond motifs is 3. The summed E-state index contributed by atoms with van der Waals surface area (Å²) in [6.45, 7) is 8.43. The van der Waals surface area contributed by atoms with Gasteiger partial charge in [0.25, 0.3) is 5.56 Å². The van der Waals surface area contributed by atoms with E-state index in [0.29, 0.717) is 10.8 Å². The molecule has 138 valence electrons. The minimum Gasteiger partial charge on any atom is -0.349 e. The van der Waals surface area contributed by atoms with Crippen molar-refractivity contribution in [1.29, 1.82) is 0 Å². The Bertz CT molecular complexity index is 1190. The molecular formula is C22H23N3OS. The van der Waals surface area contributed by atoms with Crippen LogP contribution in [-0.4, -0.2) is 19.8 Å². The van der Waals surface area contributed by atoms with Crippen molar-refractivity contribution in [2.24, 2.45) is 0 Å². The first-order chi connectivity index (χ1) is 13.0. The number of benzene rings is 2. The van der Waals surface area contributed by atoms with Gasteiger partial charge in [-0.3, -0.25) is 9.36 Å². The largest absolute Gasteiger partial charge is 0.349 e. The van der Waals surface area contributed by atoms with Gasteiger partial charge >= 0.3 is 0 Å². The maximum Gasteiger partial charge on any atom is 0.283 e. The molecule has 0 aliphatic carbocycles. The molecule has 4 aromatic rings. The molecule has 0 radical (unpaired) electrons. The average molecular weight is 378 g/mol. The van der Waals surface area contributed by atoms with Gasteiger partial charge in [0.15, 0.2) is 5.16 Å². The van der Waals surface area contributed by atoms with Gasteiger partial charge in [0.2, 0.25) is 0 Å². The highest BCUT2D eigenvalue weighted by atomic mass is 32.2. The van der Waals surface area contributed by atoms with Gasteiger partial charge < -0.3 is 4.98 Å². The smallest absolute Gasteiger partial charge is 0.283 e. The predicted octanol–water partition coefficient (Wildman–Crippen LogP) is 5.37. The lowest BCUT2D eigenvalue weighted by molar-refractivity contribution is 0.804. The Morgan fingerprint density at radius 3 is 2.56 bits per heavy atom. The molecule has 0 saturated heterocycles. The van der Waals surface area contributed by atoms with Crippen LogP contribution in [0.3, 0.4) is 0 Å². The second kappa shape index (κ2) is 6.89. The summed E-state index contributed by atoms with van der Waals surface area (Å²) >= 11 is 1.66. The van der Waals surface area contributed by atoms with Crippen molar-refractivity contribution in [3.05, 3.63) is 63.9 Å². The van der Waals surface area contributed by atoms with E-state index in [9.17, 15) is 4.79 Å². The van der Waals surface area contributed by atoms with Crippen LogP contribution in [-0.2, 0) is 0 Å². The molecule has 2 heterocycles. The van der Waals surface area contributed by atoms with E-state index in [1.165, 1.54) is 0 Å². The summed E-state index contributed by atoms with van der Waals surface area (Å²) in [5.41, 5.74) is 5.34. The van der Waals surface area contributed by atoms with E-state index in [1.54, 1.807) is 16.3 Å². The number of H-pyrrole nitrogens is 1. The lowest BCUT2D eigenvalue weighted by Crippen LogP contribution is -2.22. The van der Waals surface area contributed by atoms with Crippen molar-refractivity contribution in [1.82, 2.24) is 14.5 Å². The number of aryl methyl sites for hydroxylation is 2. The van der Waals surface area contributed by atoms with Crippen LogP contribution >= 0.6 is 11.8 Å². The quantitative estimate of drug-likeness (QED) is 0.384. The number of rotatable bonds is 4. The molecule has 1 N–H and O–H groups in total. The second-order valence-electron chi connectivity index (χ2n) is 7.11. The van der Waals surface area contributed by atoms with E-state index in [2.05, 4.69) is 38.7 Å². The number of nitrogens with one attached hydrogen (secondary N) is 1. The first-order valence-corrected chi connectivity index (χ1v) is 10.1. The van der Waals surface area contributed by atoms with E-state index in [-0.39, 0.29) is 5.56 Å². The van der Waals surface area contributed by atoms with Crippen molar-refractivity contribution in [3.63, 3.8) is 0 Å².